The van der Waals surface area contributed by atoms with Crippen molar-refractivity contribution in [1.29, 1.82) is 0 Å². The molecule has 0 saturated carbocycles. The summed E-state index contributed by atoms with van der Waals surface area (Å²) in [4.78, 5) is 52.3. The molecule has 148 valence electrons. The normalized spacial score (nSPS) is 30.7. The van der Waals surface area contributed by atoms with E-state index in [4.69, 9.17) is 10.5 Å². The van der Waals surface area contributed by atoms with Crippen molar-refractivity contribution in [3.05, 3.63) is 29.8 Å². The van der Waals surface area contributed by atoms with Gasteiger partial charge in [-0.15, -0.1) is 0 Å². The van der Waals surface area contributed by atoms with Gasteiger partial charge in [0.05, 0.1) is 12.1 Å². The lowest BCUT2D eigenvalue weighted by Gasteiger charge is -2.26. The van der Waals surface area contributed by atoms with E-state index in [-0.39, 0.29) is 30.7 Å². The molecule has 1 aromatic rings. The number of nitrogens with zero attached hydrogens (tertiary/aromatic N) is 1. The van der Waals surface area contributed by atoms with Crippen molar-refractivity contribution in [1.82, 2.24) is 4.90 Å². The van der Waals surface area contributed by atoms with Crippen molar-refractivity contribution in [3.8, 4) is 0 Å². The van der Waals surface area contributed by atoms with Gasteiger partial charge < -0.3 is 21.1 Å². The summed E-state index contributed by atoms with van der Waals surface area (Å²) in [5, 5.41) is 4.54. The molecule has 0 aliphatic carbocycles. The fourth-order valence-corrected chi connectivity index (χ4v) is 4.99. The number of methoxy groups -OCH3 is 1. The number of likely N-dealkylation sites (tertiary alicyclic amines) is 1. The van der Waals surface area contributed by atoms with E-state index < -0.39 is 29.3 Å². The zero-order valence-electron chi connectivity index (χ0n) is 15.5. The monoisotopic (exact) mass is 387 g/mol. The van der Waals surface area contributed by atoms with Gasteiger partial charge in [0.15, 0.2) is 0 Å². The van der Waals surface area contributed by atoms with Crippen LogP contribution in [-0.4, -0.2) is 54.8 Å². The molecule has 0 bridgehead atoms. The van der Waals surface area contributed by atoms with Gasteiger partial charge in [0.2, 0.25) is 23.3 Å². The maximum atomic E-state index is 13.3. The molecule has 2 fully saturated rings. The number of nitrogens with one attached hydrogen (secondary N) is 1. The van der Waals surface area contributed by atoms with Crippen LogP contribution in [0.15, 0.2) is 24.3 Å². The summed E-state index contributed by atoms with van der Waals surface area (Å²) < 4.78 is 5.02. The molecule has 0 radical (unpaired) electrons. The van der Waals surface area contributed by atoms with Crippen LogP contribution >= 0.6 is 0 Å². The molecule has 2 saturated heterocycles. The van der Waals surface area contributed by atoms with Crippen LogP contribution in [0.2, 0.25) is 0 Å². The van der Waals surface area contributed by atoms with Crippen molar-refractivity contribution in [2.75, 3.05) is 25.6 Å². The highest BCUT2D eigenvalue weighted by Crippen LogP contribution is 2.49. The fourth-order valence-electron chi connectivity index (χ4n) is 4.99. The molecule has 0 unspecified atom stereocenters. The van der Waals surface area contributed by atoms with Gasteiger partial charge in [-0.25, -0.2) is 0 Å². The Morgan fingerprint density at radius 2 is 2.04 bits per heavy atom. The molecular weight excluding hydrogens is 364 g/mol. The van der Waals surface area contributed by atoms with E-state index >= 15 is 0 Å². The second kappa shape index (κ2) is 6.68. The fraction of sp³-hybridized carbons (Fsp3) is 0.474. The number of primary amides is 1. The number of anilines is 1. The molecule has 28 heavy (non-hydrogen) atoms. The number of imide groups is 1. The van der Waals surface area contributed by atoms with E-state index in [0.29, 0.717) is 24.3 Å². The first-order valence-corrected chi connectivity index (χ1v) is 9.31. The van der Waals surface area contributed by atoms with Crippen LogP contribution in [0, 0.1) is 11.8 Å². The number of para-hydroxylation sites is 1. The summed E-state index contributed by atoms with van der Waals surface area (Å²) in [6.07, 6.45) is 0.427. The van der Waals surface area contributed by atoms with E-state index in [1.54, 1.807) is 36.7 Å². The molecule has 4 rings (SSSR count). The Bertz CT molecular complexity index is 872. The lowest BCUT2D eigenvalue weighted by atomic mass is 9.76. The van der Waals surface area contributed by atoms with Gasteiger partial charge in [-0.05, 0) is 12.5 Å². The van der Waals surface area contributed by atoms with Crippen molar-refractivity contribution >= 4 is 29.3 Å². The smallest absolute Gasteiger partial charge is 0.291 e. The van der Waals surface area contributed by atoms with Crippen LogP contribution < -0.4 is 16.4 Å². The average molecular weight is 387 g/mol. The minimum absolute atomic E-state index is 0.0801. The standard InChI is InChI=1S/C19H22N4O5/c1-28-8-4-7-23-16(25)14-12(9-13(20)24)22-19(15(14)17(23)26)10-5-2-3-6-11(10)21-18(19)27/h2-3,5-6,12,14-15,22H,4,7-9H2,1H3,(H2,20,24)(H,21,27)/p+1/t12-,14-,15+,19-/m1/s1. The highest BCUT2D eigenvalue weighted by atomic mass is 16.5. The average Bonchev–Trinajstić information content (AvgIpc) is 3.22. The zero-order chi connectivity index (χ0) is 20.1. The third kappa shape index (κ3) is 2.46. The minimum atomic E-state index is -1.26. The number of rotatable bonds is 6. The van der Waals surface area contributed by atoms with E-state index in [1.807, 2.05) is 0 Å². The van der Waals surface area contributed by atoms with Crippen LogP contribution in [-0.2, 0) is 29.5 Å². The first-order chi connectivity index (χ1) is 13.4. The summed E-state index contributed by atoms with van der Waals surface area (Å²) >= 11 is 0. The second-order valence-electron chi connectivity index (χ2n) is 7.55. The predicted octanol–water partition coefficient (Wildman–Crippen LogP) is -1.71. The minimum Gasteiger partial charge on any atom is -0.385 e. The summed E-state index contributed by atoms with van der Waals surface area (Å²) in [6.45, 7) is 0.638. The third-order valence-electron chi connectivity index (χ3n) is 6.03. The topological polar surface area (TPSA) is 135 Å². The Morgan fingerprint density at radius 3 is 2.75 bits per heavy atom. The number of hydrogen-bond donors (Lipinski definition) is 3. The summed E-state index contributed by atoms with van der Waals surface area (Å²) in [5.41, 5.74) is 5.43. The van der Waals surface area contributed by atoms with Crippen molar-refractivity contribution < 1.29 is 29.2 Å². The van der Waals surface area contributed by atoms with E-state index in [2.05, 4.69) is 5.32 Å². The highest BCUT2D eigenvalue weighted by molar-refractivity contribution is 6.14. The molecule has 3 heterocycles. The third-order valence-corrected chi connectivity index (χ3v) is 6.03. The number of nitrogens with two attached hydrogens (primary N) is 2. The van der Waals surface area contributed by atoms with Crippen LogP contribution in [0.3, 0.4) is 0 Å². The molecule has 3 aliphatic rings. The highest BCUT2D eigenvalue weighted by Gasteiger charge is 2.74. The predicted molar refractivity (Wildman–Crippen MR) is 96.5 cm³/mol. The van der Waals surface area contributed by atoms with Gasteiger partial charge >= 0.3 is 0 Å². The van der Waals surface area contributed by atoms with E-state index in [1.165, 1.54) is 4.90 Å². The van der Waals surface area contributed by atoms with Crippen LogP contribution in [0.5, 0.6) is 0 Å². The molecule has 3 aliphatic heterocycles. The molecule has 4 atom stereocenters. The number of carbonyl (C=O) groups is 4. The van der Waals surface area contributed by atoms with Gasteiger partial charge in [0, 0.05) is 25.8 Å². The van der Waals surface area contributed by atoms with E-state index in [9.17, 15) is 19.2 Å². The Labute approximate surface area is 161 Å². The number of quaternary nitrogens is 1. The molecular formula is C19H23N4O5+. The van der Waals surface area contributed by atoms with Gasteiger partial charge in [-0.3, -0.25) is 24.1 Å². The molecule has 9 nitrogen and oxygen atoms in total. The summed E-state index contributed by atoms with van der Waals surface area (Å²) in [5.74, 6) is -3.25. The first kappa shape index (κ1) is 18.6. The lowest BCUT2D eigenvalue weighted by molar-refractivity contribution is -0.732. The molecule has 0 aromatic heterocycles. The van der Waals surface area contributed by atoms with Crippen molar-refractivity contribution in [2.45, 2.75) is 24.4 Å². The van der Waals surface area contributed by atoms with Crippen molar-refractivity contribution in [3.63, 3.8) is 0 Å². The van der Waals surface area contributed by atoms with Gasteiger partial charge in [-0.2, -0.15) is 0 Å². The van der Waals surface area contributed by atoms with Crippen LogP contribution in [0.1, 0.15) is 18.4 Å². The summed E-state index contributed by atoms with van der Waals surface area (Å²) in [6, 6.07) is 6.58. The van der Waals surface area contributed by atoms with Gasteiger partial charge in [0.1, 0.15) is 17.9 Å². The number of ether oxygens (including phenoxy) is 1. The Morgan fingerprint density at radius 1 is 1.29 bits per heavy atom. The van der Waals surface area contributed by atoms with E-state index in [0.717, 1.165) is 0 Å². The number of benzene rings is 1. The molecule has 1 spiro atoms. The Hall–Kier alpha value is -2.78. The lowest BCUT2D eigenvalue weighted by Crippen LogP contribution is -2.99. The van der Waals surface area contributed by atoms with Crippen molar-refractivity contribution in [2.24, 2.45) is 17.6 Å². The number of fused-ring (bicyclic) bond motifs is 4. The quantitative estimate of drug-likeness (QED) is 0.395. The number of hydrogen-bond acceptors (Lipinski definition) is 5. The van der Waals surface area contributed by atoms with Crippen LogP contribution in [0.4, 0.5) is 5.69 Å². The van der Waals surface area contributed by atoms with Crippen LogP contribution in [0.25, 0.3) is 0 Å². The zero-order valence-corrected chi connectivity index (χ0v) is 15.5. The van der Waals surface area contributed by atoms with Gasteiger partial charge in [0.25, 0.3) is 5.91 Å². The number of carbonyl (C=O) groups excluding carboxylic acids is 4. The van der Waals surface area contributed by atoms with Gasteiger partial charge in [-0.1, -0.05) is 18.2 Å². The molecule has 5 N–H and O–H groups in total. The molecule has 9 heteroatoms. The second-order valence-corrected chi connectivity index (χ2v) is 7.55. The Balaban J connectivity index is 1.78. The largest absolute Gasteiger partial charge is 0.385 e. The maximum Gasteiger partial charge on any atom is 0.291 e. The number of amides is 4. The SMILES string of the molecule is COCCCN1C(=O)[C@H]2[C@@H](C1=O)[C@@]1([NH2+][C@@H]2CC(N)=O)C(=O)Nc2ccccc21. The maximum absolute atomic E-state index is 13.3. The molecule has 4 amide bonds. The first-order valence-electron chi connectivity index (χ1n) is 9.31. The molecule has 1 aromatic carbocycles. The Kier molecular flexibility index (Phi) is 4.43. The summed E-state index contributed by atoms with van der Waals surface area (Å²) in [7, 11) is 1.55.